The van der Waals surface area contributed by atoms with Crippen LogP contribution in [0.5, 0.6) is 0 Å². The van der Waals surface area contributed by atoms with Crippen LogP contribution in [0.15, 0.2) is 17.0 Å². The van der Waals surface area contributed by atoms with Crippen LogP contribution in [0, 0.1) is 11.6 Å². The lowest BCUT2D eigenvalue weighted by molar-refractivity contribution is 0.477. The molecule has 0 aliphatic rings. The maximum Gasteiger partial charge on any atom is 0.294 e. The third-order valence-electron chi connectivity index (χ3n) is 3.69. The summed E-state index contributed by atoms with van der Waals surface area (Å²) in [6.45, 7) is 2.16. The third-order valence-corrected chi connectivity index (χ3v) is 4.52. The smallest absolute Gasteiger partial charge is 0.282 e. The lowest BCUT2D eigenvalue weighted by atomic mass is 10.0. The Morgan fingerprint density at radius 3 is 1.82 bits per heavy atom. The summed E-state index contributed by atoms with van der Waals surface area (Å²) < 4.78 is 58.0. The van der Waals surface area contributed by atoms with Crippen LogP contribution in [0.3, 0.4) is 0 Å². The number of halogens is 2. The van der Waals surface area contributed by atoms with Crippen molar-refractivity contribution in [2.75, 3.05) is 0 Å². The van der Waals surface area contributed by atoms with Gasteiger partial charge in [-0.2, -0.15) is 8.42 Å². The number of hydrogen-bond donors (Lipinski definition) is 1. The van der Waals surface area contributed by atoms with Gasteiger partial charge in [0, 0.05) is 5.56 Å². The molecular formula is C16H24F2O3S. The lowest BCUT2D eigenvalue weighted by Crippen LogP contribution is -2.04. The zero-order chi connectivity index (χ0) is 16.6. The summed E-state index contributed by atoms with van der Waals surface area (Å²) in [6, 6.07) is 1.33. The van der Waals surface area contributed by atoms with Crippen molar-refractivity contribution in [3.8, 4) is 0 Å². The molecule has 0 radical (unpaired) electrons. The molecule has 0 fully saturated rings. The highest BCUT2D eigenvalue weighted by Crippen LogP contribution is 2.21. The highest BCUT2D eigenvalue weighted by molar-refractivity contribution is 7.85. The first-order valence-corrected chi connectivity index (χ1v) is 9.25. The van der Waals surface area contributed by atoms with Crippen molar-refractivity contribution in [3.05, 3.63) is 29.3 Å². The first-order chi connectivity index (χ1) is 10.4. The van der Waals surface area contributed by atoms with Crippen molar-refractivity contribution in [2.24, 2.45) is 0 Å². The van der Waals surface area contributed by atoms with Crippen LogP contribution >= 0.6 is 0 Å². The van der Waals surface area contributed by atoms with Gasteiger partial charge in [-0.25, -0.2) is 8.78 Å². The topological polar surface area (TPSA) is 54.4 Å². The van der Waals surface area contributed by atoms with Gasteiger partial charge in [0.15, 0.2) is 0 Å². The van der Waals surface area contributed by atoms with Crippen LogP contribution in [-0.4, -0.2) is 13.0 Å². The number of rotatable bonds is 10. The lowest BCUT2D eigenvalue weighted by Gasteiger charge is -2.07. The Hall–Kier alpha value is -1.01. The number of benzene rings is 1. The van der Waals surface area contributed by atoms with Crippen molar-refractivity contribution in [1.82, 2.24) is 0 Å². The number of hydrogen-bond acceptors (Lipinski definition) is 2. The van der Waals surface area contributed by atoms with Gasteiger partial charge in [0.05, 0.1) is 4.90 Å². The molecule has 0 amide bonds. The van der Waals surface area contributed by atoms with E-state index < -0.39 is 26.6 Å². The average molecular weight is 334 g/mol. The van der Waals surface area contributed by atoms with Gasteiger partial charge < -0.3 is 0 Å². The summed E-state index contributed by atoms with van der Waals surface area (Å²) >= 11 is 0. The molecule has 1 rings (SSSR count). The van der Waals surface area contributed by atoms with Gasteiger partial charge in [-0.1, -0.05) is 51.9 Å². The maximum atomic E-state index is 13.7. The summed E-state index contributed by atoms with van der Waals surface area (Å²) in [6.07, 6.45) is 8.84. The summed E-state index contributed by atoms with van der Waals surface area (Å²) in [5.41, 5.74) is -0.113. The standard InChI is InChI=1S/C16H24F2O3S/c1-2-3-4-5-6-7-8-9-10-14-15(17)11-13(12-16(14)18)22(19,20)21/h11-12H,2-10H2,1H3,(H,19,20,21). The van der Waals surface area contributed by atoms with Gasteiger partial charge in [0.25, 0.3) is 10.1 Å². The van der Waals surface area contributed by atoms with Crippen molar-refractivity contribution < 1.29 is 21.8 Å². The van der Waals surface area contributed by atoms with Gasteiger partial charge >= 0.3 is 0 Å². The molecule has 1 aromatic rings. The maximum absolute atomic E-state index is 13.7. The second-order valence-corrected chi connectivity index (χ2v) is 6.99. The van der Waals surface area contributed by atoms with Crippen molar-refractivity contribution in [1.29, 1.82) is 0 Å². The van der Waals surface area contributed by atoms with E-state index in [2.05, 4.69) is 6.92 Å². The molecule has 0 saturated carbocycles. The predicted molar refractivity (Wildman–Crippen MR) is 82.5 cm³/mol. The van der Waals surface area contributed by atoms with E-state index in [0.29, 0.717) is 18.6 Å². The van der Waals surface area contributed by atoms with Gasteiger partial charge in [-0.05, 0) is 25.0 Å². The number of unbranched alkanes of at least 4 members (excludes halogenated alkanes) is 7. The van der Waals surface area contributed by atoms with E-state index in [9.17, 15) is 17.2 Å². The van der Waals surface area contributed by atoms with E-state index in [1.54, 1.807) is 0 Å². The van der Waals surface area contributed by atoms with Crippen LogP contribution in [0.1, 0.15) is 63.9 Å². The minimum atomic E-state index is -4.58. The first kappa shape index (κ1) is 19.0. The van der Waals surface area contributed by atoms with E-state index in [4.69, 9.17) is 4.55 Å². The molecule has 0 spiro atoms. The molecule has 126 valence electrons. The van der Waals surface area contributed by atoms with Gasteiger partial charge in [-0.15, -0.1) is 0 Å². The van der Waals surface area contributed by atoms with Crippen LogP contribution in [0.25, 0.3) is 0 Å². The Bertz CT molecular complexity index is 548. The molecule has 22 heavy (non-hydrogen) atoms. The molecule has 3 nitrogen and oxygen atoms in total. The Morgan fingerprint density at radius 2 is 1.36 bits per heavy atom. The fourth-order valence-corrected chi connectivity index (χ4v) is 2.91. The largest absolute Gasteiger partial charge is 0.294 e. The van der Waals surface area contributed by atoms with Crippen molar-refractivity contribution >= 4 is 10.1 Å². The van der Waals surface area contributed by atoms with Gasteiger partial charge in [0.2, 0.25) is 0 Å². The molecule has 1 N–H and O–H groups in total. The van der Waals surface area contributed by atoms with E-state index in [1.807, 2.05) is 0 Å². The zero-order valence-corrected chi connectivity index (χ0v) is 13.8. The van der Waals surface area contributed by atoms with E-state index >= 15 is 0 Å². The van der Waals surface area contributed by atoms with Crippen LogP contribution in [-0.2, 0) is 16.5 Å². The summed E-state index contributed by atoms with van der Waals surface area (Å²) in [5.74, 6) is -1.84. The monoisotopic (exact) mass is 334 g/mol. The molecule has 6 heteroatoms. The van der Waals surface area contributed by atoms with Crippen molar-refractivity contribution in [3.63, 3.8) is 0 Å². The quantitative estimate of drug-likeness (QED) is 0.489. The minimum absolute atomic E-state index is 0.113. The van der Waals surface area contributed by atoms with Crippen LogP contribution in [0.4, 0.5) is 8.78 Å². The molecule has 0 aromatic heterocycles. The fourth-order valence-electron chi connectivity index (χ4n) is 2.40. The summed E-state index contributed by atoms with van der Waals surface area (Å²) in [4.78, 5) is -0.748. The van der Waals surface area contributed by atoms with E-state index in [0.717, 1.165) is 19.3 Å². The molecule has 0 bridgehead atoms. The van der Waals surface area contributed by atoms with E-state index in [-0.39, 0.29) is 12.0 Å². The molecule has 0 aliphatic heterocycles. The molecule has 0 atom stereocenters. The minimum Gasteiger partial charge on any atom is -0.282 e. The average Bonchev–Trinajstić information content (AvgIpc) is 2.43. The summed E-state index contributed by atoms with van der Waals surface area (Å²) in [5, 5.41) is 0. The molecule has 0 saturated heterocycles. The van der Waals surface area contributed by atoms with E-state index in [1.165, 1.54) is 25.7 Å². The Labute approximate surface area is 131 Å². The Balaban J connectivity index is 2.44. The third kappa shape index (κ3) is 6.40. The highest BCUT2D eigenvalue weighted by Gasteiger charge is 2.17. The molecule has 1 aromatic carbocycles. The van der Waals surface area contributed by atoms with Crippen molar-refractivity contribution in [2.45, 2.75) is 69.6 Å². The Kier molecular flexibility index (Phi) is 7.96. The Morgan fingerprint density at radius 1 is 0.909 bits per heavy atom. The predicted octanol–water partition coefficient (Wildman–Crippen LogP) is 4.89. The SMILES string of the molecule is CCCCCCCCCCc1c(F)cc(S(=O)(=O)O)cc1F. The molecular weight excluding hydrogens is 310 g/mol. The normalized spacial score (nSPS) is 11.8. The fraction of sp³-hybridized carbons (Fsp3) is 0.625. The van der Waals surface area contributed by atoms with Gasteiger partial charge in [0.1, 0.15) is 11.6 Å². The first-order valence-electron chi connectivity index (χ1n) is 7.81. The molecule has 0 unspecified atom stereocenters. The van der Waals surface area contributed by atoms with Crippen LogP contribution in [0.2, 0.25) is 0 Å². The summed E-state index contributed by atoms with van der Waals surface area (Å²) in [7, 11) is -4.58. The zero-order valence-electron chi connectivity index (χ0n) is 12.9. The molecule has 0 heterocycles. The van der Waals surface area contributed by atoms with Gasteiger partial charge in [-0.3, -0.25) is 4.55 Å². The molecule has 0 aliphatic carbocycles. The highest BCUT2D eigenvalue weighted by atomic mass is 32.2. The second-order valence-electron chi connectivity index (χ2n) is 5.57. The van der Waals surface area contributed by atoms with Crippen LogP contribution < -0.4 is 0 Å². The second kappa shape index (κ2) is 9.20.